The van der Waals surface area contributed by atoms with Crippen LogP contribution in [-0.4, -0.2) is 5.87 Å². The maximum atomic E-state index is 10.9. The molecule has 0 aliphatic heterocycles. The van der Waals surface area contributed by atoms with Gasteiger partial charge < -0.3 is 0 Å². The monoisotopic (exact) mass is 962 g/mol. The van der Waals surface area contributed by atoms with E-state index < -0.39 is 0 Å². The highest BCUT2D eigenvalue weighted by atomic mass is 32.1. The van der Waals surface area contributed by atoms with Crippen LogP contribution in [0.1, 0.15) is 187 Å². The molecular formula is C66H67N5S. The minimum absolute atomic E-state index is 0.297. The van der Waals surface area contributed by atoms with E-state index in [1.165, 1.54) is 0 Å². The van der Waals surface area contributed by atoms with Gasteiger partial charge in [0, 0.05) is 0 Å². The summed E-state index contributed by atoms with van der Waals surface area (Å²) in [5.74, 6) is 2.83. The van der Waals surface area contributed by atoms with Gasteiger partial charge in [0.15, 0.2) is 0 Å². The minimum Gasteiger partial charge on any atom is -0.192 e. The Kier molecular flexibility index (Phi) is 16.4. The van der Waals surface area contributed by atoms with Gasteiger partial charge in [-0.05, 0) is 207 Å². The molecule has 5 aromatic carbocycles. The van der Waals surface area contributed by atoms with E-state index in [1.807, 2.05) is 60.7 Å². The molecule has 1 aliphatic rings. The second-order valence-electron chi connectivity index (χ2n) is 23.8. The van der Waals surface area contributed by atoms with Crippen LogP contribution < -0.4 is 0 Å². The number of nitrogens with zero attached hydrogens (tertiary/aromatic N) is 5. The molecule has 0 aromatic heterocycles. The Labute approximate surface area is 436 Å². The Balaban J connectivity index is 0.00000475. The molecular weight excluding hydrogens is 895 g/mol. The predicted molar refractivity (Wildman–Crippen MR) is 308 cm³/mol. The van der Waals surface area contributed by atoms with Gasteiger partial charge in [-0.1, -0.05) is 146 Å². The maximum Gasteiger partial charge on any atom is 0.0998 e. The highest BCUT2D eigenvalue weighted by molar-refractivity contribution is 7.77. The summed E-state index contributed by atoms with van der Waals surface area (Å²) in [6, 6.07) is 42.9. The lowest BCUT2D eigenvalue weighted by Gasteiger charge is -2.22. The number of rotatable bonds is 0. The van der Waals surface area contributed by atoms with Gasteiger partial charge >= 0.3 is 0 Å². The maximum absolute atomic E-state index is 10.9. The molecule has 10 bridgehead atoms. The lowest BCUT2D eigenvalue weighted by molar-refractivity contribution is 0.589. The highest BCUT2D eigenvalue weighted by Crippen LogP contribution is 2.37. The third kappa shape index (κ3) is 13.4. The van der Waals surface area contributed by atoms with Gasteiger partial charge in [0.1, 0.15) is 0 Å². The number of nitriles is 5. The van der Waals surface area contributed by atoms with Crippen molar-refractivity contribution in [2.45, 2.75) is 131 Å². The fraction of sp³-hybridized carbons (Fsp3) is 0.303. The number of benzene rings is 5. The van der Waals surface area contributed by atoms with Crippen molar-refractivity contribution in [3.63, 3.8) is 0 Å². The number of fused-ring (bicyclic) bond motifs is 10. The van der Waals surface area contributed by atoms with E-state index in [-0.39, 0.29) is 27.1 Å². The van der Waals surface area contributed by atoms with E-state index in [4.69, 9.17) is 0 Å². The first-order valence-corrected chi connectivity index (χ1v) is 24.8. The third-order valence-electron chi connectivity index (χ3n) is 12.8. The third-order valence-corrected chi connectivity index (χ3v) is 12.8. The highest BCUT2D eigenvalue weighted by Gasteiger charge is 2.23. The molecule has 0 unspecified atom stereocenters. The van der Waals surface area contributed by atoms with Crippen molar-refractivity contribution in [3.8, 4) is 30.3 Å². The molecule has 72 heavy (non-hydrogen) atoms. The standard InChI is InChI=1S/C65H65N5.CH2S/c1-61(2,3)56-26-41-16-46(31-56)51(36-66)22-42-17-48(33-57(27-42)62(4,5)6)53(38-68)24-44-19-50(35-59(29-44)64(10,11)12)55(40-70)25-45-20-49(34-60(30-45)65(13,14)15)54(39-69)23-43-18-47(52(21-41)37-67)32-58(28-43)63(7,8)9;1-2/h16-35H,1-15H3;1H2/b51-22+,52-21+,53-24+,54-23+,55-25?;. The summed E-state index contributed by atoms with van der Waals surface area (Å²) in [5.41, 5.74) is 13.1. The van der Waals surface area contributed by atoms with Crippen LogP contribution in [0.2, 0.25) is 0 Å². The van der Waals surface area contributed by atoms with Gasteiger partial charge in [0.2, 0.25) is 0 Å². The van der Waals surface area contributed by atoms with E-state index in [2.05, 4.69) is 213 Å². The average Bonchev–Trinajstić information content (AvgIpc) is 3.31. The molecule has 0 saturated carbocycles. The zero-order chi connectivity index (χ0) is 53.7. The van der Waals surface area contributed by atoms with Gasteiger partial charge in [-0.25, -0.2) is 0 Å². The van der Waals surface area contributed by atoms with E-state index in [9.17, 15) is 26.3 Å². The van der Waals surface area contributed by atoms with Crippen LogP contribution in [-0.2, 0) is 27.1 Å². The zero-order valence-corrected chi connectivity index (χ0v) is 45.7. The summed E-state index contributed by atoms with van der Waals surface area (Å²) in [7, 11) is 0. The van der Waals surface area contributed by atoms with Gasteiger partial charge in [-0.3, -0.25) is 0 Å². The van der Waals surface area contributed by atoms with Crippen molar-refractivity contribution in [1.29, 1.82) is 26.3 Å². The normalized spacial score (nSPS) is 16.3. The lowest BCUT2D eigenvalue weighted by atomic mass is 9.82. The summed E-state index contributed by atoms with van der Waals surface area (Å²) in [5, 5.41) is 54.7. The minimum atomic E-state index is -0.297. The summed E-state index contributed by atoms with van der Waals surface area (Å²) < 4.78 is 0. The Hall–Kier alpha value is -7.66. The fourth-order valence-electron chi connectivity index (χ4n) is 8.35. The first-order chi connectivity index (χ1) is 33.5. The van der Waals surface area contributed by atoms with Crippen molar-refractivity contribution >= 4 is 76.3 Å². The van der Waals surface area contributed by atoms with Gasteiger partial charge in [0.25, 0.3) is 0 Å². The van der Waals surface area contributed by atoms with E-state index >= 15 is 0 Å². The van der Waals surface area contributed by atoms with Crippen LogP contribution in [0, 0.1) is 56.7 Å². The Bertz CT molecular complexity index is 2810. The molecule has 0 spiro atoms. The number of hydrogen-bond donors (Lipinski definition) is 0. The summed E-state index contributed by atoms with van der Waals surface area (Å²) in [6.45, 7) is 32.0. The van der Waals surface area contributed by atoms with Crippen molar-refractivity contribution in [3.05, 3.63) is 174 Å². The zero-order valence-electron chi connectivity index (χ0n) is 44.9. The molecule has 5 aromatic rings. The second-order valence-corrected chi connectivity index (χ2v) is 23.8. The van der Waals surface area contributed by atoms with Gasteiger partial charge in [-0.2, -0.15) is 26.3 Å². The fourth-order valence-corrected chi connectivity index (χ4v) is 8.35. The van der Waals surface area contributed by atoms with Gasteiger partial charge in [0.05, 0.1) is 58.2 Å². The Morgan fingerprint density at radius 3 is 0.514 bits per heavy atom. The molecule has 1 aliphatic carbocycles. The van der Waals surface area contributed by atoms with Crippen molar-refractivity contribution in [1.82, 2.24) is 0 Å². The van der Waals surface area contributed by atoms with Crippen molar-refractivity contribution < 1.29 is 0 Å². The molecule has 5 nitrogen and oxygen atoms in total. The summed E-state index contributed by atoms with van der Waals surface area (Å²) in [4.78, 5) is 0. The van der Waals surface area contributed by atoms with Crippen molar-refractivity contribution in [2.24, 2.45) is 0 Å². The van der Waals surface area contributed by atoms with Crippen LogP contribution in [0.15, 0.2) is 91.0 Å². The molecule has 0 N–H and O–H groups in total. The molecule has 0 fully saturated rings. The molecule has 6 heteroatoms. The van der Waals surface area contributed by atoms with Gasteiger partial charge in [-0.15, -0.1) is 0 Å². The quantitative estimate of drug-likeness (QED) is 0.143. The number of hydrogen-bond acceptors (Lipinski definition) is 6. The molecule has 0 amide bonds. The Morgan fingerprint density at radius 2 is 0.403 bits per heavy atom. The van der Waals surface area contributed by atoms with E-state index in [1.54, 1.807) is 0 Å². The lowest BCUT2D eigenvalue weighted by Crippen LogP contribution is -2.12. The molecule has 0 radical (unpaired) electrons. The number of allylic oxidation sites excluding steroid dienone is 5. The predicted octanol–water partition coefficient (Wildman–Crippen LogP) is 17.4. The smallest absolute Gasteiger partial charge is 0.0998 e. The largest absolute Gasteiger partial charge is 0.192 e. The summed E-state index contributed by atoms with van der Waals surface area (Å²) >= 11 is 3.83. The Morgan fingerprint density at radius 1 is 0.264 bits per heavy atom. The topological polar surface area (TPSA) is 119 Å². The first-order valence-electron chi connectivity index (χ1n) is 24.2. The van der Waals surface area contributed by atoms with Crippen LogP contribution in [0.5, 0.6) is 0 Å². The second kappa shape index (κ2) is 21.4. The van der Waals surface area contributed by atoms with Crippen LogP contribution in [0.4, 0.5) is 0 Å². The summed E-state index contributed by atoms with van der Waals surface area (Å²) in [6.07, 6.45) is 9.43. The molecule has 0 saturated heterocycles. The molecule has 0 heterocycles. The van der Waals surface area contributed by atoms with Crippen LogP contribution >= 0.6 is 12.2 Å². The number of thiocarbonyl (C=S) groups is 1. The van der Waals surface area contributed by atoms with E-state index in [0.29, 0.717) is 55.7 Å². The molecule has 0 atom stereocenters. The molecule has 6 rings (SSSR count). The molecule has 362 valence electrons. The SMILES string of the molecule is C=S.CC(C)(C)c1cc2cc(c1)C(C#N)=Cc1cc(cc(C(C)(C)C)c1)/C(C#N)=C/c1cc(cc(C(C)(C)C)c1)/C(C#N)=C/c1cc(cc(C(C)(C)C)c1)/C(C#N)=C/c1cc(cc(C(C)(C)C)c1)/C(C#N)=C/2. The van der Waals surface area contributed by atoms with Crippen LogP contribution in [0.3, 0.4) is 0 Å². The first kappa shape index (κ1) is 55.3. The van der Waals surface area contributed by atoms with Crippen LogP contribution in [0.25, 0.3) is 58.2 Å². The average molecular weight is 962 g/mol. The van der Waals surface area contributed by atoms with Crippen molar-refractivity contribution in [2.75, 3.05) is 0 Å². The van der Waals surface area contributed by atoms with E-state index in [0.717, 1.165) is 55.6 Å².